The summed E-state index contributed by atoms with van der Waals surface area (Å²) in [5.41, 5.74) is 0.969. The highest BCUT2D eigenvalue weighted by molar-refractivity contribution is 5.93. The predicted molar refractivity (Wildman–Crippen MR) is 160 cm³/mol. The first-order chi connectivity index (χ1) is 20.9. The zero-order chi connectivity index (χ0) is 30.9. The monoisotopic (exact) mass is 588 g/mol. The Morgan fingerprint density at radius 3 is 1.51 bits per heavy atom. The smallest absolute Gasteiger partial charge is 0.343 e. The molecule has 3 aromatic carbocycles. The van der Waals surface area contributed by atoms with Crippen LogP contribution in [0.2, 0.25) is 0 Å². The fourth-order valence-corrected chi connectivity index (χ4v) is 3.74. The highest BCUT2D eigenvalue weighted by Crippen LogP contribution is 2.19. The van der Waals surface area contributed by atoms with Crippen molar-refractivity contribution >= 4 is 23.9 Å². The summed E-state index contributed by atoms with van der Waals surface area (Å²) in [5, 5.41) is 0. The third-order valence-corrected chi connectivity index (χ3v) is 6.14. The number of hydrogen-bond acceptors (Lipinski definition) is 9. The van der Waals surface area contributed by atoms with Gasteiger partial charge in [0.25, 0.3) is 0 Å². The van der Waals surface area contributed by atoms with Gasteiger partial charge in [0.1, 0.15) is 17.2 Å². The van der Waals surface area contributed by atoms with Crippen LogP contribution in [-0.2, 0) is 14.3 Å². The molecule has 0 aliphatic heterocycles. The minimum atomic E-state index is -0.600. The van der Waals surface area contributed by atoms with Gasteiger partial charge in [-0.05, 0) is 92.1 Å². The van der Waals surface area contributed by atoms with Gasteiger partial charge < -0.3 is 23.7 Å². The summed E-state index contributed by atoms with van der Waals surface area (Å²) in [4.78, 5) is 48.2. The molecule has 43 heavy (non-hydrogen) atoms. The number of carbonyl (C=O) groups is 4. The van der Waals surface area contributed by atoms with E-state index in [1.54, 1.807) is 36.4 Å². The molecule has 9 nitrogen and oxygen atoms in total. The van der Waals surface area contributed by atoms with Crippen molar-refractivity contribution < 1.29 is 42.9 Å². The topological polar surface area (TPSA) is 114 Å². The van der Waals surface area contributed by atoms with Crippen LogP contribution in [0, 0.1) is 0 Å². The Morgan fingerprint density at radius 1 is 0.558 bits per heavy atom. The van der Waals surface area contributed by atoms with E-state index in [0.717, 1.165) is 31.8 Å². The van der Waals surface area contributed by atoms with Crippen molar-refractivity contribution in [1.82, 2.24) is 0 Å². The van der Waals surface area contributed by atoms with Gasteiger partial charge in [0.05, 0.1) is 36.5 Å². The van der Waals surface area contributed by atoms with Crippen molar-refractivity contribution in [2.45, 2.75) is 45.4 Å². The number of rotatable bonds is 17. The quantitative estimate of drug-likeness (QED) is 0.0731. The summed E-state index contributed by atoms with van der Waals surface area (Å²) in [7, 11) is 0. The second-order valence-corrected chi connectivity index (χ2v) is 9.48. The Labute approximate surface area is 251 Å². The lowest BCUT2D eigenvalue weighted by Crippen LogP contribution is -2.11. The van der Waals surface area contributed by atoms with Gasteiger partial charge in [-0.15, -0.1) is 0 Å². The van der Waals surface area contributed by atoms with E-state index in [4.69, 9.17) is 23.7 Å². The number of esters is 4. The van der Waals surface area contributed by atoms with Gasteiger partial charge >= 0.3 is 23.9 Å². The zero-order valence-corrected chi connectivity index (χ0v) is 24.3. The average Bonchev–Trinajstić information content (AvgIpc) is 3.03. The second kappa shape index (κ2) is 17.8. The highest BCUT2D eigenvalue weighted by atomic mass is 16.5. The first-order valence-corrected chi connectivity index (χ1v) is 14.2. The standard InChI is InChI=1S/C34H36O9/c1-3-5-6-7-24-41-32(36)25-12-18-29(19-13-25)42-34(38)27-14-20-30(21-15-27)43-33(37)26-10-16-28(17-11-26)39-22-8-9-23-40-31(35)4-2/h4,10-21H,2-3,5-9,22-24H2,1H3. The molecule has 0 saturated heterocycles. The van der Waals surface area contributed by atoms with Crippen LogP contribution in [0.25, 0.3) is 0 Å². The molecule has 226 valence electrons. The molecule has 0 saturated carbocycles. The van der Waals surface area contributed by atoms with Crippen molar-refractivity contribution in [3.63, 3.8) is 0 Å². The van der Waals surface area contributed by atoms with E-state index < -0.39 is 23.9 Å². The summed E-state index contributed by atoms with van der Waals surface area (Å²) >= 11 is 0. The van der Waals surface area contributed by atoms with Gasteiger partial charge in [0.15, 0.2) is 0 Å². The summed E-state index contributed by atoms with van der Waals surface area (Å²) < 4.78 is 26.6. The highest BCUT2D eigenvalue weighted by Gasteiger charge is 2.13. The van der Waals surface area contributed by atoms with Crippen LogP contribution in [0.4, 0.5) is 0 Å². The van der Waals surface area contributed by atoms with E-state index in [2.05, 4.69) is 13.5 Å². The average molecular weight is 589 g/mol. The number of unbranched alkanes of at least 4 members (excludes halogenated alkanes) is 4. The normalized spacial score (nSPS) is 10.3. The van der Waals surface area contributed by atoms with Crippen LogP contribution in [-0.4, -0.2) is 43.7 Å². The molecule has 0 spiro atoms. The molecule has 9 heteroatoms. The van der Waals surface area contributed by atoms with E-state index in [9.17, 15) is 19.2 Å². The van der Waals surface area contributed by atoms with Gasteiger partial charge in [-0.2, -0.15) is 0 Å². The molecule has 0 atom stereocenters. The van der Waals surface area contributed by atoms with Crippen molar-refractivity contribution in [3.05, 3.63) is 102 Å². The molecule has 0 aliphatic carbocycles. The maximum absolute atomic E-state index is 12.6. The maximum Gasteiger partial charge on any atom is 0.343 e. The van der Waals surface area contributed by atoms with Gasteiger partial charge in [-0.1, -0.05) is 32.8 Å². The second-order valence-electron chi connectivity index (χ2n) is 9.48. The Kier molecular flexibility index (Phi) is 13.5. The van der Waals surface area contributed by atoms with E-state index >= 15 is 0 Å². The summed E-state index contributed by atoms with van der Waals surface area (Å²) in [6.45, 7) is 6.57. The van der Waals surface area contributed by atoms with Gasteiger partial charge in [0, 0.05) is 6.08 Å². The van der Waals surface area contributed by atoms with Crippen LogP contribution in [0.15, 0.2) is 85.5 Å². The Balaban J connectivity index is 1.41. The first kappa shape index (κ1) is 32.6. The van der Waals surface area contributed by atoms with Crippen molar-refractivity contribution in [1.29, 1.82) is 0 Å². The SMILES string of the molecule is C=CC(=O)OCCCCOc1ccc(C(=O)Oc2ccc(C(=O)Oc3ccc(C(=O)OCCCCCC)cc3)cc2)cc1. The van der Waals surface area contributed by atoms with Crippen molar-refractivity contribution in [2.24, 2.45) is 0 Å². The van der Waals surface area contributed by atoms with E-state index in [1.165, 1.54) is 36.4 Å². The molecule has 0 bridgehead atoms. The zero-order valence-electron chi connectivity index (χ0n) is 24.3. The minimum Gasteiger partial charge on any atom is -0.494 e. The number of ether oxygens (including phenoxy) is 5. The molecule has 0 unspecified atom stereocenters. The molecular formula is C34H36O9. The molecule has 0 aromatic heterocycles. The van der Waals surface area contributed by atoms with Crippen LogP contribution >= 0.6 is 0 Å². The molecule has 0 radical (unpaired) electrons. The molecular weight excluding hydrogens is 552 g/mol. The fourth-order valence-electron chi connectivity index (χ4n) is 3.74. The lowest BCUT2D eigenvalue weighted by molar-refractivity contribution is -0.137. The Morgan fingerprint density at radius 2 is 1.00 bits per heavy atom. The molecule has 3 rings (SSSR count). The van der Waals surface area contributed by atoms with E-state index in [0.29, 0.717) is 49.5 Å². The van der Waals surface area contributed by atoms with Crippen molar-refractivity contribution in [2.75, 3.05) is 19.8 Å². The first-order valence-electron chi connectivity index (χ1n) is 14.2. The number of benzene rings is 3. The minimum absolute atomic E-state index is 0.260. The van der Waals surface area contributed by atoms with Crippen LogP contribution in [0.5, 0.6) is 17.2 Å². The summed E-state index contributed by atoms with van der Waals surface area (Å²) in [6, 6.07) is 18.6. The van der Waals surface area contributed by atoms with E-state index in [1.807, 2.05) is 0 Å². The van der Waals surface area contributed by atoms with Crippen LogP contribution < -0.4 is 14.2 Å². The number of hydrogen-bond donors (Lipinski definition) is 0. The summed E-state index contributed by atoms with van der Waals surface area (Å²) in [5.74, 6) is -0.897. The van der Waals surface area contributed by atoms with E-state index in [-0.39, 0.29) is 17.1 Å². The maximum atomic E-state index is 12.6. The lowest BCUT2D eigenvalue weighted by Gasteiger charge is -2.09. The van der Waals surface area contributed by atoms with Gasteiger partial charge in [-0.3, -0.25) is 0 Å². The molecule has 0 N–H and O–H groups in total. The van der Waals surface area contributed by atoms with Crippen molar-refractivity contribution in [3.8, 4) is 17.2 Å². The molecule has 0 amide bonds. The van der Waals surface area contributed by atoms with Gasteiger partial charge in [-0.25, -0.2) is 19.2 Å². The Hall–Kier alpha value is -4.92. The fraction of sp³-hybridized carbons (Fsp3) is 0.294. The largest absolute Gasteiger partial charge is 0.494 e. The molecule has 0 fully saturated rings. The number of carbonyl (C=O) groups excluding carboxylic acids is 4. The molecule has 3 aromatic rings. The lowest BCUT2D eigenvalue weighted by atomic mass is 10.2. The predicted octanol–water partition coefficient (Wildman–Crippen LogP) is 6.75. The molecule has 0 heterocycles. The summed E-state index contributed by atoms with van der Waals surface area (Å²) in [6.07, 6.45) is 6.55. The molecule has 0 aliphatic rings. The third-order valence-electron chi connectivity index (χ3n) is 6.14. The van der Waals surface area contributed by atoms with Crippen LogP contribution in [0.1, 0.15) is 76.5 Å². The third kappa shape index (κ3) is 11.5. The Bertz CT molecular complexity index is 1340. The van der Waals surface area contributed by atoms with Gasteiger partial charge in [0.2, 0.25) is 0 Å². The van der Waals surface area contributed by atoms with Crippen LogP contribution in [0.3, 0.4) is 0 Å².